The fourth-order valence-electron chi connectivity index (χ4n) is 3.35. The lowest BCUT2D eigenvalue weighted by atomic mass is 10.1. The molecule has 26 heavy (non-hydrogen) atoms. The van der Waals surface area contributed by atoms with E-state index in [1.807, 2.05) is 9.80 Å². The maximum Gasteiger partial charge on any atom is 0.335 e. The summed E-state index contributed by atoms with van der Waals surface area (Å²) in [7, 11) is 0. The summed E-state index contributed by atoms with van der Waals surface area (Å²) in [5.74, 6) is 0.243. The van der Waals surface area contributed by atoms with E-state index in [-0.39, 0.29) is 11.5 Å². The number of carboxylic acid groups (broad SMARTS) is 1. The predicted octanol–water partition coefficient (Wildman–Crippen LogP) is 2.55. The molecule has 1 amide bonds. The monoisotopic (exact) mass is 353 g/mol. The first-order chi connectivity index (χ1) is 12.6. The van der Waals surface area contributed by atoms with Crippen LogP contribution in [0.15, 0.2) is 36.5 Å². The summed E-state index contributed by atoms with van der Waals surface area (Å²) in [5, 5.41) is 9.03. The highest BCUT2D eigenvalue weighted by Gasteiger charge is 2.25. The molecule has 0 unspecified atom stereocenters. The molecule has 2 aromatic rings. The van der Waals surface area contributed by atoms with Crippen LogP contribution in [-0.4, -0.2) is 53.1 Å². The van der Waals surface area contributed by atoms with Crippen molar-refractivity contribution in [3.8, 4) is 5.75 Å². The Morgan fingerprint density at radius 1 is 1.04 bits per heavy atom. The van der Waals surface area contributed by atoms with Gasteiger partial charge in [0.05, 0.1) is 17.7 Å². The topological polar surface area (TPSA) is 83.0 Å². The van der Waals surface area contributed by atoms with E-state index >= 15 is 0 Å². The van der Waals surface area contributed by atoms with Gasteiger partial charge in [0.2, 0.25) is 0 Å². The molecule has 0 aliphatic carbocycles. The van der Waals surface area contributed by atoms with Gasteiger partial charge in [-0.2, -0.15) is 0 Å². The van der Waals surface area contributed by atoms with Crippen LogP contribution in [0.25, 0.3) is 0 Å². The van der Waals surface area contributed by atoms with Gasteiger partial charge in [0.25, 0.3) is 5.91 Å². The molecule has 0 saturated carbocycles. The molecule has 1 aromatic heterocycles. The Balaban J connectivity index is 1.62. The Morgan fingerprint density at radius 2 is 1.77 bits per heavy atom. The minimum absolute atomic E-state index is 0.00988. The number of anilines is 2. The zero-order chi connectivity index (χ0) is 18.1. The summed E-state index contributed by atoms with van der Waals surface area (Å²) < 4.78 is 5.72. The Bertz CT molecular complexity index is 844. The van der Waals surface area contributed by atoms with Crippen molar-refractivity contribution in [3.05, 3.63) is 47.7 Å². The molecule has 3 heterocycles. The zero-order valence-electron chi connectivity index (χ0n) is 14.2. The molecule has 2 aliphatic heterocycles. The van der Waals surface area contributed by atoms with Crippen molar-refractivity contribution in [3.63, 3.8) is 0 Å². The molecule has 1 aromatic carbocycles. The molecule has 134 valence electrons. The summed E-state index contributed by atoms with van der Waals surface area (Å²) in [5.41, 5.74) is 1.61. The number of hydrogen-bond acceptors (Lipinski definition) is 5. The maximum absolute atomic E-state index is 12.5. The molecule has 1 N–H and O–H groups in total. The molecule has 0 bridgehead atoms. The third-order valence-electron chi connectivity index (χ3n) is 4.73. The highest BCUT2D eigenvalue weighted by Crippen LogP contribution is 2.35. The van der Waals surface area contributed by atoms with Crippen LogP contribution < -0.4 is 9.64 Å². The Morgan fingerprint density at radius 3 is 2.46 bits per heavy atom. The van der Waals surface area contributed by atoms with E-state index < -0.39 is 5.97 Å². The van der Waals surface area contributed by atoms with Crippen LogP contribution in [0.3, 0.4) is 0 Å². The second-order valence-electron chi connectivity index (χ2n) is 6.40. The maximum atomic E-state index is 12.5. The number of rotatable bonds is 3. The van der Waals surface area contributed by atoms with E-state index in [1.54, 1.807) is 36.5 Å². The predicted molar refractivity (Wildman–Crippen MR) is 95.3 cm³/mol. The van der Waals surface area contributed by atoms with Gasteiger partial charge in [-0.1, -0.05) is 0 Å². The fraction of sp³-hybridized carbons (Fsp3) is 0.316. The summed E-state index contributed by atoms with van der Waals surface area (Å²) in [6, 6.07) is 8.39. The summed E-state index contributed by atoms with van der Waals surface area (Å²) in [4.78, 5) is 31.8. The number of ether oxygens (including phenoxy) is 1. The van der Waals surface area contributed by atoms with Gasteiger partial charge in [-0.3, -0.25) is 4.79 Å². The number of amides is 1. The number of aromatic nitrogens is 1. The number of pyridine rings is 1. The molecule has 1 fully saturated rings. The number of carboxylic acids is 1. The van der Waals surface area contributed by atoms with Crippen LogP contribution in [0.4, 0.5) is 11.5 Å². The first-order valence-electron chi connectivity index (χ1n) is 8.66. The van der Waals surface area contributed by atoms with Crippen molar-refractivity contribution in [2.45, 2.75) is 12.8 Å². The van der Waals surface area contributed by atoms with Gasteiger partial charge in [0.15, 0.2) is 11.6 Å². The molecule has 0 atom stereocenters. The number of hydrogen-bond donors (Lipinski definition) is 1. The normalized spacial score (nSPS) is 16.2. The van der Waals surface area contributed by atoms with E-state index in [2.05, 4.69) is 4.98 Å². The quantitative estimate of drug-likeness (QED) is 0.913. The molecule has 7 heteroatoms. The van der Waals surface area contributed by atoms with Crippen molar-refractivity contribution >= 4 is 23.4 Å². The largest absolute Gasteiger partial charge is 0.488 e. The lowest BCUT2D eigenvalue weighted by Crippen LogP contribution is -2.31. The van der Waals surface area contributed by atoms with Crippen LogP contribution in [0, 0.1) is 0 Å². The molecule has 0 radical (unpaired) electrons. The number of carbonyl (C=O) groups excluding carboxylic acids is 1. The molecule has 7 nitrogen and oxygen atoms in total. The number of benzene rings is 1. The number of nitrogens with zero attached hydrogens (tertiary/aromatic N) is 3. The molecule has 2 aliphatic rings. The molecule has 1 saturated heterocycles. The number of carbonyl (C=O) groups is 2. The van der Waals surface area contributed by atoms with Crippen molar-refractivity contribution in [1.29, 1.82) is 0 Å². The number of likely N-dealkylation sites (tertiary alicyclic amines) is 1. The van der Waals surface area contributed by atoms with Gasteiger partial charge in [-0.05, 0) is 43.2 Å². The lowest BCUT2D eigenvalue weighted by molar-refractivity contribution is 0.0696. The second kappa shape index (κ2) is 6.67. The van der Waals surface area contributed by atoms with E-state index in [1.165, 1.54) is 0 Å². The minimum Gasteiger partial charge on any atom is -0.488 e. The van der Waals surface area contributed by atoms with E-state index in [9.17, 15) is 9.59 Å². The Hall–Kier alpha value is -3.09. The van der Waals surface area contributed by atoms with Crippen molar-refractivity contribution in [2.24, 2.45) is 0 Å². The highest BCUT2D eigenvalue weighted by molar-refractivity contribution is 5.95. The van der Waals surface area contributed by atoms with Gasteiger partial charge in [-0.15, -0.1) is 0 Å². The summed E-state index contributed by atoms with van der Waals surface area (Å²) in [6.07, 6.45) is 3.67. The first kappa shape index (κ1) is 16.4. The summed E-state index contributed by atoms with van der Waals surface area (Å²) in [6.45, 7) is 2.65. The average molecular weight is 353 g/mol. The number of fused-ring (bicyclic) bond motifs is 1. The molecular weight excluding hydrogens is 334 g/mol. The highest BCUT2D eigenvalue weighted by atomic mass is 16.5. The molecular formula is C19H19N3O4. The fourth-order valence-corrected chi connectivity index (χ4v) is 3.35. The zero-order valence-corrected chi connectivity index (χ0v) is 14.2. The standard InChI is InChI=1S/C19H19N3O4/c23-18(21-7-1-2-8-21)14-11-16-17(20-12-14)22(9-10-26-16)15-5-3-13(4-6-15)19(24)25/h3-6,11-12H,1-2,7-10H2,(H,24,25). The lowest BCUT2D eigenvalue weighted by Gasteiger charge is -2.30. The van der Waals surface area contributed by atoms with Crippen molar-refractivity contribution in [2.75, 3.05) is 31.1 Å². The van der Waals surface area contributed by atoms with Gasteiger partial charge in [-0.25, -0.2) is 9.78 Å². The first-order valence-corrected chi connectivity index (χ1v) is 8.66. The van der Waals surface area contributed by atoms with Gasteiger partial charge in [0, 0.05) is 25.0 Å². The smallest absolute Gasteiger partial charge is 0.335 e. The summed E-state index contributed by atoms with van der Waals surface area (Å²) >= 11 is 0. The van der Waals surface area contributed by atoms with E-state index in [0.29, 0.717) is 30.3 Å². The van der Waals surface area contributed by atoms with Crippen LogP contribution >= 0.6 is 0 Å². The third kappa shape index (κ3) is 2.96. The SMILES string of the molecule is O=C(O)c1ccc(N2CCOc3cc(C(=O)N4CCCC4)cnc32)cc1. The molecule has 0 spiro atoms. The van der Waals surface area contributed by atoms with Gasteiger partial charge >= 0.3 is 5.97 Å². The Kier molecular flexibility index (Phi) is 4.20. The Labute approximate surface area is 150 Å². The van der Waals surface area contributed by atoms with Gasteiger partial charge < -0.3 is 19.6 Å². The van der Waals surface area contributed by atoms with E-state index in [4.69, 9.17) is 9.84 Å². The minimum atomic E-state index is -0.956. The number of aromatic carboxylic acids is 1. The van der Waals surface area contributed by atoms with Gasteiger partial charge in [0.1, 0.15) is 6.61 Å². The van der Waals surface area contributed by atoms with Crippen LogP contribution in [0.2, 0.25) is 0 Å². The van der Waals surface area contributed by atoms with Crippen LogP contribution in [0.5, 0.6) is 5.75 Å². The van der Waals surface area contributed by atoms with E-state index in [0.717, 1.165) is 31.6 Å². The van der Waals surface area contributed by atoms with Crippen LogP contribution in [0.1, 0.15) is 33.6 Å². The van der Waals surface area contributed by atoms with Crippen molar-refractivity contribution < 1.29 is 19.4 Å². The third-order valence-corrected chi connectivity index (χ3v) is 4.73. The van der Waals surface area contributed by atoms with Crippen molar-refractivity contribution in [1.82, 2.24) is 9.88 Å². The van der Waals surface area contributed by atoms with Crippen LogP contribution in [-0.2, 0) is 0 Å². The molecule has 4 rings (SSSR count). The average Bonchev–Trinajstić information content (AvgIpc) is 3.21. The second-order valence-corrected chi connectivity index (χ2v) is 6.40.